The van der Waals surface area contributed by atoms with E-state index in [1.165, 1.54) is 11.1 Å². The maximum absolute atomic E-state index is 12.0. The average Bonchev–Trinajstić information content (AvgIpc) is 2.82. The number of esters is 1. The fourth-order valence-electron chi connectivity index (χ4n) is 4.22. The maximum atomic E-state index is 12.0. The summed E-state index contributed by atoms with van der Waals surface area (Å²) in [6, 6.07) is 24.5. The number of hydrogen-bond donors (Lipinski definition) is 0. The van der Waals surface area contributed by atoms with E-state index in [0.29, 0.717) is 18.8 Å². The summed E-state index contributed by atoms with van der Waals surface area (Å²) in [6.45, 7) is 6.58. The highest BCUT2D eigenvalue weighted by molar-refractivity contribution is 6.30. The van der Waals surface area contributed by atoms with Gasteiger partial charge in [0.25, 0.3) is 0 Å². The molecule has 1 aliphatic rings. The monoisotopic (exact) mass is 449 g/mol. The number of aromatic nitrogens is 1. The van der Waals surface area contributed by atoms with Gasteiger partial charge in [0.15, 0.2) is 0 Å². The van der Waals surface area contributed by atoms with E-state index in [4.69, 9.17) is 16.3 Å². The minimum atomic E-state index is -0.369. The molecule has 2 aromatic carbocycles. The van der Waals surface area contributed by atoms with Crippen molar-refractivity contribution in [3.63, 3.8) is 0 Å². The van der Waals surface area contributed by atoms with Crippen molar-refractivity contribution in [2.45, 2.75) is 19.5 Å². The van der Waals surface area contributed by atoms with Crippen LogP contribution in [0.25, 0.3) is 0 Å². The first kappa shape index (κ1) is 22.5. The minimum Gasteiger partial charge on any atom is -0.461 e. The summed E-state index contributed by atoms with van der Waals surface area (Å²) in [5.41, 5.74) is 3.74. The van der Waals surface area contributed by atoms with E-state index in [9.17, 15) is 4.79 Å². The first-order valence-corrected chi connectivity index (χ1v) is 11.4. The smallest absolute Gasteiger partial charge is 0.356 e. The molecular formula is C26H28ClN3O2. The largest absolute Gasteiger partial charge is 0.461 e. The maximum Gasteiger partial charge on any atom is 0.356 e. The lowest BCUT2D eigenvalue weighted by atomic mass is 9.96. The molecule has 0 N–H and O–H groups in total. The van der Waals surface area contributed by atoms with Crippen LogP contribution in [0.5, 0.6) is 0 Å². The van der Waals surface area contributed by atoms with Crippen molar-refractivity contribution in [1.29, 1.82) is 0 Å². The molecule has 2 heterocycles. The first-order chi connectivity index (χ1) is 15.6. The minimum absolute atomic E-state index is 0.169. The van der Waals surface area contributed by atoms with Crippen LogP contribution in [0, 0.1) is 0 Å². The Labute approximate surface area is 194 Å². The topological polar surface area (TPSA) is 45.7 Å². The number of piperazine rings is 1. The second-order valence-corrected chi connectivity index (χ2v) is 8.35. The molecule has 5 nitrogen and oxygen atoms in total. The Hall–Kier alpha value is -2.73. The number of ether oxygens (including phenoxy) is 1. The van der Waals surface area contributed by atoms with Crippen LogP contribution in [0.15, 0.2) is 72.8 Å². The highest BCUT2D eigenvalue weighted by Crippen LogP contribution is 2.31. The van der Waals surface area contributed by atoms with Gasteiger partial charge in [-0.2, -0.15) is 0 Å². The van der Waals surface area contributed by atoms with Gasteiger partial charge in [-0.1, -0.05) is 60.1 Å². The molecule has 32 heavy (non-hydrogen) atoms. The van der Waals surface area contributed by atoms with Crippen molar-refractivity contribution in [3.8, 4) is 0 Å². The molecule has 6 heteroatoms. The molecule has 1 atom stereocenters. The van der Waals surface area contributed by atoms with Gasteiger partial charge in [0.1, 0.15) is 5.69 Å². The van der Waals surface area contributed by atoms with Crippen molar-refractivity contribution in [2.24, 2.45) is 0 Å². The number of carbonyl (C=O) groups excluding carboxylic acids is 1. The third-order valence-electron chi connectivity index (χ3n) is 5.73. The molecule has 4 rings (SSSR count). The summed E-state index contributed by atoms with van der Waals surface area (Å²) in [4.78, 5) is 21.4. The van der Waals surface area contributed by atoms with E-state index in [2.05, 4.69) is 51.2 Å². The predicted molar refractivity (Wildman–Crippen MR) is 127 cm³/mol. The number of pyridine rings is 1. The van der Waals surface area contributed by atoms with Crippen LogP contribution >= 0.6 is 11.6 Å². The SMILES string of the molecule is CCOC(=O)c1cccc(CN2CCN(C(c3ccccc3)c3cccc(Cl)c3)CC2)n1. The second-order valence-electron chi connectivity index (χ2n) is 7.91. The van der Waals surface area contributed by atoms with Gasteiger partial charge >= 0.3 is 5.97 Å². The first-order valence-electron chi connectivity index (χ1n) is 11.0. The van der Waals surface area contributed by atoms with Crippen LogP contribution in [0.1, 0.15) is 40.3 Å². The number of carbonyl (C=O) groups is 1. The van der Waals surface area contributed by atoms with Gasteiger partial charge in [-0.25, -0.2) is 9.78 Å². The Bertz CT molecular complexity index is 1040. The molecule has 1 aliphatic heterocycles. The van der Waals surface area contributed by atoms with Crippen molar-refractivity contribution >= 4 is 17.6 Å². The summed E-state index contributed by atoms with van der Waals surface area (Å²) in [6.07, 6.45) is 0. The van der Waals surface area contributed by atoms with Gasteiger partial charge < -0.3 is 4.74 Å². The highest BCUT2D eigenvalue weighted by Gasteiger charge is 2.26. The zero-order chi connectivity index (χ0) is 22.3. The van der Waals surface area contributed by atoms with E-state index < -0.39 is 0 Å². The van der Waals surface area contributed by atoms with Crippen molar-refractivity contribution < 1.29 is 9.53 Å². The third-order valence-corrected chi connectivity index (χ3v) is 5.96. The number of halogens is 1. The quantitative estimate of drug-likeness (QED) is 0.484. The van der Waals surface area contributed by atoms with E-state index in [1.807, 2.05) is 30.3 Å². The summed E-state index contributed by atoms with van der Waals surface area (Å²) in [7, 11) is 0. The Morgan fingerprint density at radius 1 is 0.969 bits per heavy atom. The molecule has 1 saturated heterocycles. The van der Waals surface area contributed by atoms with E-state index in [1.54, 1.807) is 13.0 Å². The van der Waals surface area contributed by atoms with Crippen LogP contribution in [0.4, 0.5) is 0 Å². The summed E-state index contributed by atoms with van der Waals surface area (Å²) in [5, 5.41) is 0.759. The molecule has 0 aliphatic carbocycles. The molecule has 0 spiro atoms. The Morgan fingerprint density at radius 2 is 1.69 bits per heavy atom. The zero-order valence-corrected chi connectivity index (χ0v) is 19.0. The Kier molecular flexibility index (Phi) is 7.53. The van der Waals surface area contributed by atoms with Gasteiger partial charge in [0.05, 0.1) is 18.3 Å². The Morgan fingerprint density at radius 3 is 2.41 bits per heavy atom. The normalized spacial score (nSPS) is 15.9. The van der Waals surface area contributed by atoms with E-state index in [-0.39, 0.29) is 12.0 Å². The van der Waals surface area contributed by atoms with Crippen LogP contribution in [-0.2, 0) is 11.3 Å². The van der Waals surface area contributed by atoms with Crippen LogP contribution in [0.3, 0.4) is 0 Å². The zero-order valence-electron chi connectivity index (χ0n) is 18.3. The highest BCUT2D eigenvalue weighted by atomic mass is 35.5. The van der Waals surface area contributed by atoms with Crippen LogP contribution in [-0.4, -0.2) is 53.5 Å². The van der Waals surface area contributed by atoms with Crippen molar-refractivity contribution in [1.82, 2.24) is 14.8 Å². The number of nitrogens with zero attached hydrogens (tertiary/aromatic N) is 3. The molecular weight excluding hydrogens is 422 g/mol. The average molecular weight is 450 g/mol. The molecule has 0 amide bonds. The molecule has 1 unspecified atom stereocenters. The van der Waals surface area contributed by atoms with Crippen molar-refractivity contribution in [2.75, 3.05) is 32.8 Å². The summed E-state index contributed by atoms with van der Waals surface area (Å²) >= 11 is 6.32. The fourth-order valence-corrected chi connectivity index (χ4v) is 4.42. The predicted octanol–water partition coefficient (Wildman–Crippen LogP) is 4.82. The van der Waals surface area contributed by atoms with Gasteiger partial charge in [-0.15, -0.1) is 0 Å². The second kappa shape index (κ2) is 10.7. The standard InChI is InChI=1S/C26H28ClN3O2/c1-2-32-26(31)24-13-7-12-23(28-24)19-29-14-16-30(17-15-29)25(20-8-4-3-5-9-20)21-10-6-11-22(27)18-21/h3-13,18,25H,2,14-17,19H2,1H3. The molecule has 166 valence electrons. The van der Waals surface area contributed by atoms with Gasteiger partial charge in [-0.05, 0) is 42.3 Å². The number of hydrogen-bond acceptors (Lipinski definition) is 5. The summed E-state index contributed by atoms with van der Waals surface area (Å²) < 4.78 is 5.07. The lowest BCUT2D eigenvalue weighted by Crippen LogP contribution is -2.47. The fraction of sp³-hybridized carbons (Fsp3) is 0.308. The third kappa shape index (κ3) is 5.54. The molecule has 0 radical (unpaired) electrons. The molecule has 3 aromatic rings. The number of benzene rings is 2. The van der Waals surface area contributed by atoms with Crippen LogP contribution < -0.4 is 0 Å². The molecule has 0 bridgehead atoms. The van der Waals surface area contributed by atoms with Gasteiger partial charge in [-0.3, -0.25) is 9.80 Å². The molecule has 0 saturated carbocycles. The molecule has 1 aromatic heterocycles. The van der Waals surface area contributed by atoms with E-state index >= 15 is 0 Å². The van der Waals surface area contributed by atoms with Gasteiger partial charge in [0.2, 0.25) is 0 Å². The summed E-state index contributed by atoms with van der Waals surface area (Å²) in [5.74, 6) is -0.369. The Balaban J connectivity index is 1.45. The lowest BCUT2D eigenvalue weighted by molar-refractivity contribution is 0.0518. The van der Waals surface area contributed by atoms with Crippen molar-refractivity contribution in [3.05, 3.63) is 100 Å². The lowest BCUT2D eigenvalue weighted by Gasteiger charge is -2.39. The molecule has 1 fully saturated rings. The van der Waals surface area contributed by atoms with Crippen LogP contribution in [0.2, 0.25) is 5.02 Å². The number of rotatable bonds is 7. The van der Waals surface area contributed by atoms with Gasteiger partial charge in [0, 0.05) is 37.7 Å². The van der Waals surface area contributed by atoms with E-state index in [0.717, 1.165) is 36.9 Å².